The van der Waals surface area contributed by atoms with E-state index in [-0.39, 0.29) is 11.5 Å². The summed E-state index contributed by atoms with van der Waals surface area (Å²) in [7, 11) is 0. The molecule has 24 heavy (non-hydrogen) atoms. The number of carbonyl (C=O) groups excluding carboxylic acids is 1. The zero-order valence-corrected chi connectivity index (χ0v) is 14.5. The lowest BCUT2D eigenvalue weighted by molar-refractivity contribution is 0.102. The lowest BCUT2D eigenvalue weighted by atomic mass is 10.2. The predicted molar refractivity (Wildman–Crippen MR) is 95.9 cm³/mol. The van der Waals surface area contributed by atoms with Gasteiger partial charge in [-0.05, 0) is 23.8 Å². The summed E-state index contributed by atoms with van der Waals surface area (Å²) in [6.45, 7) is 0. The molecule has 0 unspecified atom stereocenters. The maximum absolute atomic E-state index is 12.0. The van der Waals surface area contributed by atoms with E-state index in [9.17, 15) is 9.59 Å². The van der Waals surface area contributed by atoms with Crippen molar-refractivity contribution in [1.82, 2.24) is 15.2 Å². The van der Waals surface area contributed by atoms with Crippen LogP contribution >= 0.6 is 34.7 Å². The molecule has 0 aliphatic rings. The summed E-state index contributed by atoms with van der Waals surface area (Å²) in [6, 6.07) is 10.3. The van der Waals surface area contributed by atoms with Crippen LogP contribution in [0.15, 0.2) is 51.7 Å². The van der Waals surface area contributed by atoms with Crippen LogP contribution in [0.2, 0.25) is 5.02 Å². The highest BCUT2D eigenvalue weighted by Crippen LogP contribution is 2.28. The van der Waals surface area contributed by atoms with Crippen molar-refractivity contribution in [2.45, 2.75) is 10.1 Å². The molecule has 0 saturated heterocycles. The number of carbonyl (C=O) groups is 1. The van der Waals surface area contributed by atoms with Gasteiger partial charge in [0.25, 0.3) is 5.91 Å². The maximum atomic E-state index is 12.0. The molecule has 0 atom stereocenters. The Morgan fingerprint density at radius 2 is 2.00 bits per heavy atom. The summed E-state index contributed by atoms with van der Waals surface area (Å²) in [5.41, 5.74) is 1.21. The molecule has 9 heteroatoms. The van der Waals surface area contributed by atoms with Gasteiger partial charge in [0.05, 0.1) is 5.56 Å². The van der Waals surface area contributed by atoms with Crippen molar-refractivity contribution in [1.29, 1.82) is 0 Å². The number of hydrogen-bond acceptors (Lipinski definition) is 6. The van der Waals surface area contributed by atoms with Gasteiger partial charge in [-0.2, -0.15) is 0 Å². The van der Waals surface area contributed by atoms with Gasteiger partial charge < -0.3 is 4.98 Å². The van der Waals surface area contributed by atoms with Crippen LogP contribution in [-0.4, -0.2) is 21.1 Å². The van der Waals surface area contributed by atoms with Gasteiger partial charge >= 0.3 is 0 Å². The molecular weight excluding hydrogens is 368 g/mol. The molecule has 0 saturated carbocycles. The lowest BCUT2D eigenvalue weighted by Gasteiger charge is -2.00. The summed E-state index contributed by atoms with van der Waals surface area (Å²) in [5.74, 6) is 0.385. The van der Waals surface area contributed by atoms with Crippen LogP contribution in [0.4, 0.5) is 5.13 Å². The van der Waals surface area contributed by atoms with E-state index in [1.807, 2.05) is 24.3 Å². The third-order valence-electron chi connectivity index (χ3n) is 2.95. The fraction of sp³-hybridized carbons (Fsp3) is 0.0667. The number of thioether (sulfide) groups is 1. The normalized spacial score (nSPS) is 10.5. The number of nitrogens with one attached hydrogen (secondary N) is 2. The molecule has 0 fully saturated rings. The minimum absolute atomic E-state index is 0.261. The van der Waals surface area contributed by atoms with Crippen molar-refractivity contribution >= 4 is 45.7 Å². The number of aromatic nitrogens is 3. The molecule has 1 aromatic carbocycles. The summed E-state index contributed by atoms with van der Waals surface area (Å²) in [5, 5.41) is 11.8. The van der Waals surface area contributed by atoms with E-state index in [0.29, 0.717) is 15.7 Å². The third-order valence-corrected chi connectivity index (χ3v) is 5.24. The van der Waals surface area contributed by atoms with E-state index in [4.69, 9.17) is 11.6 Å². The number of amides is 1. The van der Waals surface area contributed by atoms with Gasteiger partial charge in [0.15, 0.2) is 4.34 Å². The van der Waals surface area contributed by atoms with Crippen molar-refractivity contribution in [3.63, 3.8) is 0 Å². The fourth-order valence-corrected chi connectivity index (χ4v) is 3.59. The Hall–Kier alpha value is -2.16. The van der Waals surface area contributed by atoms with E-state index >= 15 is 0 Å². The highest BCUT2D eigenvalue weighted by atomic mass is 35.5. The van der Waals surface area contributed by atoms with Crippen LogP contribution in [0, 0.1) is 0 Å². The van der Waals surface area contributed by atoms with E-state index in [0.717, 1.165) is 15.7 Å². The second-order valence-corrected chi connectivity index (χ2v) is 7.32. The number of aromatic amines is 1. The Kier molecular flexibility index (Phi) is 5.29. The summed E-state index contributed by atoms with van der Waals surface area (Å²) in [4.78, 5) is 25.5. The van der Waals surface area contributed by atoms with E-state index in [2.05, 4.69) is 20.5 Å². The van der Waals surface area contributed by atoms with E-state index < -0.39 is 0 Å². The van der Waals surface area contributed by atoms with E-state index in [1.54, 1.807) is 0 Å². The van der Waals surface area contributed by atoms with Crippen LogP contribution in [0.25, 0.3) is 0 Å². The van der Waals surface area contributed by atoms with Crippen molar-refractivity contribution in [3.8, 4) is 0 Å². The molecule has 0 aliphatic carbocycles. The van der Waals surface area contributed by atoms with Crippen LogP contribution in [0.5, 0.6) is 0 Å². The zero-order chi connectivity index (χ0) is 16.9. The second kappa shape index (κ2) is 7.61. The first kappa shape index (κ1) is 16.7. The van der Waals surface area contributed by atoms with Crippen molar-refractivity contribution in [2.75, 3.05) is 5.32 Å². The Balaban J connectivity index is 1.58. The Morgan fingerprint density at radius 3 is 2.71 bits per heavy atom. The smallest absolute Gasteiger partial charge is 0.258 e. The van der Waals surface area contributed by atoms with E-state index in [1.165, 1.54) is 41.4 Å². The molecule has 2 aromatic heterocycles. The summed E-state index contributed by atoms with van der Waals surface area (Å²) in [6.07, 6.45) is 1.36. The first-order chi connectivity index (χ1) is 11.6. The standard InChI is InChI=1S/C15H11ClN4O2S2/c16-11-4-1-9(2-5-11)8-23-15-20-19-14(24-15)18-13(22)10-3-6-12(21)17-7-10/h1-7H,8H2,(H,17,21)(H,18,19,22). The van der Waals surface area contributed by atoms with Crippen molar-refractivity contribution < 1.29 is 4.79 Å². The van der Waals surface area contributed by atoms with Gasteiger partial charge in [-0.15, -0.1) is 10.2 Å². The molecule has 3 rings (SSSR count). The van der Waals surface area contributed by atoms with Crippen molar-refractivity contribution in [3.05, 3.63) is 69.1 Å². The summed E-state index contributed by atoms with van der Waals surface area (Å²) < 4.78 is 0.752. The number of halogens is 1. The van der Waals surface area contributed by atoms with Gasteiger partial charge in [0.2, 0.25) is 10.7 Å². The number of rotatable bonds is 5. The molecule has 0 bridgehead atoms. The molecule has 0 radical (unpaired) electrons. The van der Waals surface area contributed by atoms with Crippen LogP contribution < -0.4 is 10.9 Å². The molecule has 6 nitrogen and oxygen atoms in total. The van der Waals surface area contributed by atoms with Crippen molar-refractivity contribution in [2.24, 2.45) is 0 Å². The number of H-pyrrole nitrogens is 1. The molecule has 1 amide bonds. The number of hydrogen-bond donors (Lipinski definition) is 2. The van der Waals surface area contributed by atoms with Gasteiger partial charge in [-0.25, -0.2) is 0 Å². The lowest BCUT2D eigenvalue weighted by Crippen LogP contribution is -2.14. The fourth-order valence-electron chi connectivity index (χ4n) is 1.77. The first-order valence-electron chi connectivity index (χ1n) is 6.81. The molecule has 0 aliphatic heterocycles. The molecule has 2 heterocycles. The Labute approximate surface area is 150 Å². The molecule has 3 aromatic rings. The quantitative estimate of drug-likeness (QED) is 0.524. The van der Waals surface area contributed by atoms with Gasteiger partial charge in [0.1, 0.15) is 0 Å². The van der Waals surface area contributed by atoms with Gasteiger partial charge in [-0.3, -0.25) is 14.9 Å². The number of pyridine rings is 1. The highest BCUT2D eigenvalue weighted by molar-refractivity contribution is 8.00. The predicted octanol–water partition coefficient (Wildman–Crippen LogP) is 3.42. The maximum Gasteiger partial charge on any atom is 0.258 e. The topological polar surface area (TPSA) is 87.7 Å². The molecule has 0 spiro atoms. The average Bonchev–Trinajstić information content (AvgIpc) is 3.02. The minimum Gasteiger partial charge on any atom is -0.328 e. The average molecular weight is 379 g/mol. The largest absolute Gasteiger partial charge is 0.328 e. The second-order valence-electron chi connectivity index (χ2n) is 4.68. The number of anilines is 1. The van der Waals surface area contributed by atoms with Gasteiger partial charge in [-0.1, -0.05) is 46.8 Å². The van der Waals surface area contributed by atoms with Crippen LogP contribution in [-0.2, 0) is 5.75 Å². The monoisotopic (exact) mass is 378 g/mol. The van der Waals surface area contributed by atoms with Crippen LogP contribution in [0.1, 0.15) is 15.9 Å². The van der Waals surface area contributed by atoms with Gasteiger partial charge in [0, 0.05) is 23.0 Å². The summed E-state index contributed by atoms with van der Waals surface area (Å²) >= 11 is 8.67. The molecular formula is C15H11ClN4O2S2. The number of benzene rings is 1. The Morgan fingerprint density at radius 1 is 1.21 bits per heavy atom. The third kappa shape index (κ3) is 4.44. The number of nitrogens with zero attached hydrogens (tertiary/aromatic N) is 2. The molecule has 122 valence electrons. The highest BCUT2D eigenvalue weighted by Gasteiger charge is 2.10. The van der Waals surface area contributed by atoms with Crippen LogP contribution in [0.3, 0.4) is 0 Å². The first-order valence-corrected chi connectivity index (χ1v) is 8.99. The zero-order valence-electron chi connectivity index (χ0n) is 12.2. The SMILES string of the molecule is O=C(Nc1nnc(SCc2ccc(Cl)cc2)s1)c1ccc(=O)[nH]c1. The molecule has 2 N–H and O–H groups in total. The Bertz CT molecular complexity index is 888. The minimum atomic E-state index is -0.350.